The van der Waals surface area contributed by atoms with Gasteiger partial charge in [-0.3, -0.25) is 9.59 Å². The molecule has 0 spiro atoms. The molecule has 1 N–H and O–H groups in total. The monoisotopic (exact) mass is 328 g/mol. The van der Waals surface area contributed by atoms with Gasteiger partial charge in [0.15, 0.2) is 0 Å². The van der Waals surface area contributed by atoms with Crippen molar-refractivity contribution in [3.63, 3.8) is 0 Å². The van der Waals surface area contributed by atoms with E-state index >= 15 is 0 Å². The molecule has 0 radical (unpaired) electrons. The van der Waals surface area contributed by atoms with E-state index in [0.717, 1.165) is 25.9 Å². The van der Waals surface area contributed by atoms with Crippen LogP contribution in [0.1, 0.15) is 22.3 Å². The van der Waals surface area contributed by atoms with Crippen LogP contribution in [0, 0.1) is 5.92 Å². The van der Waals surface area contributed by atoms with Gasteiger partial charge >= 0.3 is 0 Å². The van der Waals surface area contributed by atoms with Gasteiger partial charge in [0, 0.05) is 24.0 Å². The minimum Gasteiger partial charge on any atom is -0.343 e. The molecule has 1 aliphatic rings. The van der Waals surface area contributed by atoms with E-state index in [2.05, 4.69) is 17.4 Å². The smallest absolute Gasteiger partial charge is 0.252 e. The van der Waals surface area contributed by atoms with Crippen molar-refractivity contribution < 1.29 is 9.59 Å². The highest BCUT2D eigenvalue weighted by molar-refractivity contribution is 7.08. The summed E-state index contributed by atoms with van der Waals surface area (Å²) in [6.07, 6.45) is 2.03. The molecule has 4 nitrogen and oxygen atoms in total. The molecule has 1 aliphatic heterocycles. The Morgan fingerprint density at radius 2 is 2.04 bits per heavy atom. The van der Waals surface area contributed by atoms with Crippen molar-refractivity contribution in [2.75, 3.05) is 19.6 Å². The number of nitrogens with zero attached hydrogens (tertiary/aromatic N) is 1. The average molecular weight is 328 g/mol. The van der Waals surface area contributed by atoms with Gasteiger partial charge in [-0.15, -0.1) is 0 Å². The third kappa shape index (κ3) is 4.20. The topological polar surface area (TPSA) is 49.4 Å². The Morgan fingerprint density at radius 3 is 2.78 bits per heavy atom. The van der Waals surface area contributed by atoms with E-state index in [4.69, 9.17) is 0 Å². The normalized spacial score (nSPS) is 17.2. The summed E-state index contributed by atoms with van der Waals surface area (Å²) in [5.41, 5.74) is 1.93. The zero-order valence-corrected chi connectivity index (χ0v) is 13.7. The van der Waals surface area contributed by atoms with E-state index in [1.165, 1.54) is 16.9 Å². The van der Waals surface area contributed by atoms with Crippen LogP contribution in [-0.2, 0) is 11.2 Å². The molecule has 0 unspecified atom stereocenters. The molecule has 5 heteroatoms. The molecule has 2 amide bonds. The molecule has 1 saturated heterocycles. The minimum atomic E-state index is -0.181. The van der Waals surface area contributed by atoms with Crippen molar-refractivity contribution in [1.82, 2.24) is 10.2 Å². The van der Waals surface area contributed by atoms with Gasteiger partial charge < -0.3 is 10.2 Å². The lowest BCUT2D eigenvalue weighted by atomic mass is 9.99. The standard InChI is InChI=1S/C18H20N2O2S/c21-17(11-19-18(22)16-7-9-23-13-16)20-8-6-15(12-20)10-14-4-2-1-3-5-14/h1-5,7,9,13,15H,6,8,10-12H2,(H,19,22)/t15-/m1/s1. The maximum absolute atomic E-state index is 12.2. The number of thiophene rings is 1. The number of hydrogen-bond donors (Lipinski definition) is 1. The van der Waals surface area contributed by atoms with Crippen molar-refractivity contribution >= 4 is 23.2 Å². The number of likely N-dealkylation sites (tertiary alicyclic amines) is 1. The maximum Gasteiger partial charge on any atom is 0.252 e. The van der Waals surface area contributed by atoms with Crippen LogP contribution in [0.15, 0.2) is 47.2 Å². The van der Waals surface area contributed by atoms with Crippen LogP contribution < -0.4 is 5.32 Å². The summed E-state index contributed by atoms with van der Waals surface area (Å²) in [5.74, 6) is 0.331. The molecule has 1 aromatic carbocycles. The lowest BCUT2D eigenvalue weighted by Gasteiger charge is -2.17. The van der Waals surface area contributed by atoms with Crippen LogP contribution >= 0.6 is 11.3 Å². The van der Waals surface area contributed by atoms with Gasteiger partial charge in [0.05, 0.1) is 6.54 Å². The van der Waals surface area contributed by atoms with Gasteiger partial charge in [0.1, 0.15) is 0 Å². The molecule has 1 atom stereocenters. The summed E-state index contributed by atoms with van der Waals surface area (Å²) in [4.78, 5) is 25.9. The number of hydrogen-bond acceptors (Lipinski definition) is 3. The summed E-state index contributed by atoms with van der Waals surface area (Å²) in [5, 5.41) is 6.34. The molecule has 0 bridgehead atoms. The average Bonchev–Trinajstić information content (AvgIpc) is 3.25. The fraction of sp³-hybridized carbons (Fsp3) is 0.333. The fourth-order valence-corrected chi connectivity index (χ4v) is 3.57. The molecule has 23 heavy (non-hydrogen) atoms. The number of benzene rings is 1. The van der Waals surface area contributed by atoms with Crippen LogP contribution in [0.25, 0.3) is 0 Å². The maximum atomic E-state index is 12.2. The highest BCUT2D eigenvalue weighted by Crippen LogP contribution is 2.20. The predicted octanol–water partition coefficient (Wildman–Crippen LogP) is 2.57. The zero-order chi connectivity index (χ0) is 16.1. The van der Waals surface area contributed by atoms with E-state index in [-0.39, 0.29) is 18.4 Å². The van der Waals surface area contributed by atoms with Crippen LogP contribution in [0.4, 0.5) is 0 Å². The Hall–Kier alpha value is -2.14. The van der Waals surface area contributed by atoms with Crippen LogP contribution in [0.2, 0.25) is 0 Å². The second-order valence-corrected chi connectivity index (χ2v) is 6.66. The number of nitrogens with one attached hydrogen (secondary N) is 1. The molecule has 1 aromatic heterocycles. The second-order valence-electron chi connectivity index (χ2n) is 5.88. The summed E-state index contributed by atoms with van der Waals surface area (Å²) in [7, 11) is 0. The molecule has 1 fully saturated rings. The summed E-state index contributed by atoms with van der Waals surface area (Å²) < 4.78 is 0. The van der Waals surface area contributed by atoms with Crippen LogP contribution in [0.5, 0.6) is 0 Å². The minimum absolute atomic E-state index is 0.00383. The van der Waals surface area contributed by atoms with Gasteiger partial charge in [-0.2, -0.15) is 11.3 Å². The molecular formula is C18H20N2O2S. The van der Waals surface area contributed by atoms with Gasteiger partial charge in [0.25, 0.3) is 5.91 Å². The van der Waals surface area contributed by atoms with E-state index in [1.54, 1.807) is 11.4 Å². The highest BCUT2D eigenvalue weighted by atomic mass is 32.1. The van der Waals surface area contributed by atoms with Crippen LogP contribution in [-0.4, -0.2) is 36.3 Å². The molecule has 0 aliphatic carbocycles. The molecular weight excluding hydrogens is 308 g/mol. The van der Waals surface area contributed by atoms with E-state index in [9.17, 15) is 9.59 Å². The van der Waals surface area contributed by atoms with Crippen LogP contribution in [0.3, 0.4) is 0 Å². The first-order valence-electron chi connectivity index (χ1n) is 7.84. The Kier molecular flexibility index (Phi) is 5.08. The number of rotatable bonds is 5. The van der Waals surface area contributed by atoms with E-state index in [1.807, 2.05) is 28.5 Å². The summed E-state index contributed by atoms with van der Waals surface area (Å²) in [6, 6.07) is 12.1. The highest BCUT2D eigenvalue weighted by Gasteiger charge is 2.26. The van der Waals surface area contributed by atoms with Gasteiger partial charge in [-0.25, -0.2) is 0 Å². The predicted molar refractivity (Wildman–Crippen MR) is 91.5 cm³/mol. The Balaban J connectivity index is 1.45. The summed E-state index contributed by atoms with van der Waals surface area (Å²) in [6.45, 7) is 1.64. The molecule has 2 heterocycles. The quantitative estimate of drug-likeness (QED) is 0.917. The molecule has 3 rings (SSSR count). The Labute approximate surface area is 140 Å². The fourth-order valence-electron chi connectivity index (χ4n) is 2.94. The van der Waals surface area contributed by atoms with Crippen molar-refractivity contribution in [1.29, 1.82) is 0 Å². The number of carbonyl (C=O) groups excluding carboxylic acids is 2. The van der Waals surface area contributed by atoms with Crippen molar-refractivity contribution in [2.45, 2.75) is 12.8 Å². The molecule has 120 valence electrons. The third-order valence-corrected chi connectivity index (χ3v) is 4.87. The van der Waals surface area contributed by atoms with E-state index in [0.29, 0.717) is 11.5 Å². The van der Waals surface area contributed by atoms with Gasteiger partial charge in [-0.05, 0) is 35.8 Å². The SMILES string of the molecule is O=C(NCC(=O)N1CC[C@H](Cc2ccccc2)C1)c1ccsc1. The van der Waals surface area contributed by atoms with Gasteiger partial charge in [0.2, 0.25) is 5.91 Å². The second kappa shape index (κ2) is 7.42. The Morgan fingerprint density at radius 1 is 1.22 bits per heavy atom. The molecule has 2 aromatic rings. The largest absolute Gasteiger partial charge is 0.343 e. The molecule has 0 saturated carbocycles. The number of carbonyl (C=O) groups is 2. The lowest BCUT2D eigenvalue weighted by Crippen LogP contribution is -2.39. The third-order valence-electron chi connectivity index (χ3n) is 4.19. The first-order valence-corrected chi connectivity index (χ1v) is 8.79. The van der Waals surface area contributed by atoms with Crippen molar-refractivity contribution in [3.8, 4) is 0 Å². The van der Waals surface area contributed by atoms with E-state index < -0.39 is 0 Å². The lowest BCUT2D eigenvalue weighted by molar-refractivity contribution is -0.129. The zero-order valence-electron chi connectivity index (χ0n) is 12.9. The van der Waals surface area contributed by atoms with Gasteiger partial charge in [-0.1, -0.05) is 30.3 Å². The number of amides is 2. The summed E-state index contributed by atoms with van der Waals surface area (Å²) >= 11 is 1.47. The van der Waals surface area contributed by atoms with Crippen molar-refractivity contribution in [3.05, 3.63) is 58.3 Å². The van der Waals surface area contributed by atoms with Crippen molar-refractivity contribution in [2.24, 2.45) is 5.92 Å². The first kappa shape index (κ1) is 15.7. The first-order chi connectivity index (χ1) is 11.2. The Bertz CT molecular complexity index is 655.